The minimum Gasteiger partial charge on any atom is -0.393 e. The summed E-state index contributed by atoms with van der Waals surface area (Å²) in [7, 11) is 0. The summed E-state index contributed by atoms with van der Waals surface area (Å²) >= 11 is 0. The van der Waals surface area contributed by atoms with E-state index in [0.29, 0.717) is 0 Å². The van der Waals surface area contributed by atoms with Crippen molar-refractivity contribution in [3.05, 3.63) is 12.2 Å². The maximum Gasteiger partial charge on any atom is 0.318 e. The third kappa shape index (κ3) is 0.543. The number of allylic oxidation sites excluding steroid dienone is 2. The van der Waals surface area contributed by atoms with Gasteiger partial charge in [0.25, 0.3) is 0 Å². The molecule has 4 atom stereocenters. The molecule has 2 fully saturated rings. The van der Waals surface area contributed by atoms with Crippen LogP contribution in [0.15, 0.2) is 12.2 Å². The Morgan fingerprint density at radius 3 is 2.08 bits per heavy atom. The zero-order valence-electron chi connectivity index (χ0n) is 6.40. The molecule has 0 radical (unpaired) electrons. The molecule has 3 aliphatic rings. The van der Waals surface area contributed by atoms with Gasteiger partial charge in [-0.3, -0.25) is 9.59 Å². The van der Waals surface area contributed by atoms with Crippen LogP contribution in [-0.2, 0) is 14.3 Å². The first-order valence-corrected chi connectivity index (χ1v) is 4.21. The predicted octanol–water partition coefficient (Wildman–Crippen LogP) is 0.508. The second-order valence-electron chi connectivity index (χ2n) is 3.74. The number of rotatable bonds is 0. The van der Waals surface area contributed by atoms with Crippen molar-refractivity contribution in [1.29, 1.82) is 0 Å². The molecule has 3 rings (SSSR count). The van der Waals surface area contributed by atoms with Crippen molar-refractivity contribution < 1.29 is 14.3 Å². The van der Waals surface area contributed by atoms with Gasteiger partial charge < -0.3 is 4.74 Å². The summed E-state index contributed by atoms with van der Waals surface area (Å²) in [6.07, 6.45) is 5.06. The smallest absolute Gasteiger partial charge is 0.318 e. The van der Waals surface area contributed by atoms with Crippen LogP contribution in [0.5, 0.6) is 0 Å². The zero-order chi connectivity index (χ0) is 8.29. The molecule has 2 bridgehead atoms. The fraction of sp³-hybridized carbons (Fsp3) is 0.556. The first kappa shape index (κ1) is 6.40. The van der Waals surface area contributed by atoms with E-state index in [1.165, 1.54) is 0 Å². The van der Waals surface area contributed by atoms with Crippen LogP contribution in [0.3, 0.4) is 0 Å². The lowest BCUT2D eigenvalue weighted by atomic mass is 9.85. The van der Waals surface area contributed by atoms with Crippen LogP contribution < -0.4 is 0 Å². The van der Waals surface area contributed by atoms with E-state index < -0.39 is 0 Å². The van der Waals surface area contributed by atoms with Gasteiger partial charge in [-0.15, -0.1) is 0 Å². The molecular formula is C9H8O3. The van der Waals surface area contributed by atoms with E-state index in [0.717, 1.165) is 6.42 Å². The van der Waals surface area contributed by atoms with Crippen molar-refractivity contribution in [2.75, 3.05) is 0 Å². The molecule has 0 spiro atoms. The highest BCUT2D eigenvalue weighted by Crippen LogP contribution is 2.51. The molecule has 1 saturated carbocycles. The van der Waals surface area contributed by atoms with Crippen LogP contribution in [0.1, 0.15) is 6.42 Å². The minimum atomic E-state index is -0.304. The average molecular weight is 164 g/mol. The normalized spacial score (nSPS) is 48.3. The van der Waals surface area contributed by atoms with E-state index in [4.69, 9.17) is 0 Å². The maximum atomic E-state index is 11.2. The number of carbonyl (C=O) groups is 2. The van der Waals surface area contributed by atoms with Crippen molar-refractivity contribution in [3.8, 4) is 0 Å². The molecule has 0 N–H and O–H groups in total. The predicted molar refractivity (Wildman–Crippen MR) is 38.8 cm³/mol. The van der Waals surface area contributed by atoms with Gasteiger partial charge in [0, 0.05) is 0 Å². The van der Waals surface area contributed by atoms with Crippen LogP contribution >= 0.6 is 0 Å². The largest absolute Gasteiger partial charge is 0.393 e. The molecule has 1 heterocycles. The molecule has 0 amide bonds. The van der Waals surface area contributed by atoms with Gasteiger partial charge in [-0.05, 0) is 18.3 Å². The average Bonchev–Trinajstić information content (AvgIpc) is 2.64. The molecule has 2 aliphatic carbocycles. The summed E-state index contributed by atoms with van der Waals surface area (Å²) in [6.45, 7) is 0. The zero-order valence-corrected chi connectivity index (χ0v) is 6.40. The Labute approximate surface area is 69.4 Å². The number of ether oxygens (including phenoxy) is 1. The van der Waals surface area contributed by atoms with E-state index >= 15 is 0 Å². The van der Waals surface area contributed by atoms with Crippen molar-refractivity contribution >= 4 is 11.9 Å². The third-order valence-corrected chi connectivity index (χ3v) is 3.20. The Kier molecular flexibility index (Phi) is 0.953. The highest BCUT2D eigenvalue weighted by molar-refractivity contribution is 5.98. The molecule has 1 aliphatic heterocycles. The molecule has 0 aromatic heterocycles. The Morgan fingerprint density at radius 1 is 1.08 bits per heavy atom. The molecular weight excluding hydrogens is 156 g/mol. The number of fused-ring (bicyclic) bond motifs is 5. The van der Waals surface area contributed by atoms with Crippen molar-refractivity contribution in [3.63, 3.8) is 0 Å². The minimum absolute atomic E-state index is 0.146. The number of cyclic esters (lactones) is 2. The van der Waals surface area contributed by atoms with Gasteiger partial charge in [0.15, 0.2) is 0 Å². The van der Waals surface area contributed by atoms with Gasteiger partial charge in [-0.1, -0.05) is 12.2 Å². The van der Waals surface area contributed by atoms with E-state index in [1.807, 2.05) is 12.2 Å². The standard InChI is InChI=1S/C9H8O3/c10-8-6-4-1-2-5(3-4)7(6)9(11)12-8/h1-2,4-7H,3H2/t4-,5?,6?,7-/m1/s1. The van der Waals surface area contributed by atoms with Crippen LogP contribution in [-0.4, -0.2) is 11.9 Å². The highest BCUT2D eigenvalue weighted by Gasteiger charge is 2.57. The summed E-state index contributed by atoms with van der Waals surface area (Å²) in [5, 5.41) is 0. The van der Waals surface area contributed by atoms with Gasteiger partial charge >= 0.3 is 11.9 Å². The molecule has 0 aromatic rings. The van der Waals surface area contributed by atoms with E-state index in [1.54, 1.807) is 0 Å². The fourth-order valence-corrected chi connectivity index (χ4v) is 2.70. The Balaban J connectivity index is 2.08. The quantitative estimate of drug-likeness (QED) is 0.297. The lowest BCUT2D eigenvalue weighted by molar-refractivity contribution is -0.154. The van der Waals surface area contributed by atoms with Crippen molar-refractivity contribution in [2.45, 2.75) is 6.42 Å². The first-order chi connectivity index (χ1) is 5.77. The molecule has 12 heavy (non-hydrogen) atoms. The summed E-state index contributed by atoms with van der Waals surface area (Å²) in [5.74, 6) is -0.346. The second-order valence-corrected chi connectivity index (χ2v) is 3.74. The summed E-state index contributed by atoms with van der Waals surface area (Å²) in [5.41, 5.74) is 0. The Bertz CT molecular complexity index is 277. The number of carbonyl (C=O) groups excluding carboxylic acids is 2. The SMILES string of the molecule is O=C1OC(=O)[C@@H]2C3C=C[C@H](C3)C12. The molecule has 0 aromatic carbocycles. The van der Waals surface area contributed by atoms with Gasteiger partial charge in [0.05, 0.1) is 11.8 Å². The van der Waals surface area contributed by atoms with E-state index in [2.05, 4.69) is 4.74 Å². The topological polar surface area (TPSA) is 43.4 Å². The fourth-order valence-electron chi connectivity index (χ4n) is 2.70. The summed E-state index contributed by atoms with van der Waals surface area (Å²) in [4.78, 5) is 22.4. The third-order valence-electron chi connectivity index (χ3n) is 3.20. The van der Waals surface area contributed by atoms with Gasteiger partial charge in [-0.25, -0.2) is 0 Å². The van der Waals surface area contributed by atoms with E-state index in [-0.39, 0.29) is 35.6 Å². The van der Waals surface area contributed by atoms with Crippen molar-refractivity contribution in [2.24, 2.45) is 23.7 Å². The lowest BCUT2D eigenvalue weighted by Crippen LogP contribution is -2.21. The van der Waals surface area contributed by atoms with Gasteiger partial charge in [0.1, 0.15) is 0 Å². The van der Waals surface area contributed by atoms with E-state index in [9.17, 15) is 9.59 Å². The lowest BCUT2D eigenvalue weighted by Gasteiger charge is -2.12. The highest BCUT2D eigenvalue weighted by atomic mass is 16.6. The monoisotopic (exact) mass is 164 g/mol. The van der Waals surface area contributed by atoms with Crippen LogP contribution in [0.4, 0.5) is 0 Å². The molecule has 3 heteroatoms. The summed E-state index contributed by atoms with van der Waals surface area (Å²) < 4.78 is 4.59. The number of hydrogen-bond acceptors (Lipinski definition) is 3. The Morgan fingerprint density at radius 2 is 1.58 bits per heavy atom. The Hall–Kier alpha value is -1.12. The van der Waals surface area contributed by atoms with Crippen LogP contribution in [0, 0.1) is 23.7 Å². The summed E-state index contributed by atoms with van der Waals surface area (Å²) in [6, 6.07) is 0. The van der Waals surface area contributed by atoms with Gasteiger partial charge in [0.2, 0.25) is 0 Å². The maximum absolute atomic E-state index is 11.2. The van der Waals surface area contributed by atoms with Gasteiger partial charge in [-0.2, -0.15) is 0 Å². The van der Waals surface area contributed by atoms with Crippen molar-refractivity contribution in [1.82, 2.24) is 0 Å². The first-order valence-electron chi connectivity index (χ1n) is 4.21. The molecule has 3 nitrogen and oxygen atoms in total. The van der Waals surface area contributed by atoms with Crippen LogP contribution in [0.2, 0.25) is 0 Å². The molecule has 2 unspecified atom stereocenters. The number of hydrogen-bond donors (Lipinski definition) is 0. The van der Waals surface area contributed by atoms with Crippen LogP contribution in [0.25, 0.3) is 0 Å². The number of esters is 2. The molecule has 62 valence electrons. The molecule has 1 saturated heterocycles. The second kappa shape index (κ2) is 1.79.